The van der Waals surface area contributed by atoms with E-state index in [4.69, 9.17) is 4.74 Å². The first kappa shape index (κ1) is 12.7. The van der Waals surface area contributed by atoms with Crippen LogP contribution in [0.2, 0.25) is 0 Å². The van der Waals surface area contributed by atoms with Crippen molar-refractivity contribution in [1.29, 1.82) is 0 Å². The number of aryl methyl sites for hydroxylation is 2. The number of amides is 1. The molecule has 1 N–H and O–H groups in total. The summed E-state index contributed by atoms with van der Waals surface area (Å²) in [5, 5.41) is 7.00. The fraction of sp³-hybridized carbons (Fsp3) is 0.636. The van der Waals surface area contributed by atoms with Crippen LogP contribution >= 0.6 is 0 Å². The Morgan fingerprint density at radius 2 is 2.38 bits per heavy atom. The Bertz CT molecular complexity index is 347. The van der Waals surface area contributed by atoms with Crippen LogP contribution in [0.25, 0.3) is 0 Å². The second-order valence-corrected chi connectivity index (χ2v) is 3.59. The maximum atomic E-state index is 11.7. The Labute approximate surface area is 95.8 Å². The van der Waals surface area contributed by atoms with Gasteiger partial charge in [-0.1, -0.05) is 0 Å². The Morgan fingerprint density at radius 3 is 2.94 bits per heavy atom. The molecule has 16 heavy (non-hydrogen) atoms. The lowest BCUT2D eigenvalue weighted by molar-refractivity contribution is 0.0943. The summed E-state index contributed by atoms with van der Waals surface area (Å²) in [7, 11) is 1.65. The molecule has 0 aliphatic carbocycles. The number of nitrogens with one attached hydrogen (secondary N) is 1. The van der Waals surface area contributed by atoms with Gasteiger partial charge in [-0.2, -0.15) is 5.10 Å². The number of carbonyl (C=O) groups is 1. The molecule has 0 radical (unpaired) electrons. The van der Waals surface area contributed by atoms with E-state index < -0.39 is 0 Å². The molecule has 5 nitrogen and oxygen atoms in total. The van der Waals surface area contributed by atoms with Gasteiger partial charge in [0, 0.05) is 32.5 Å². The molecule has 1 rings (SSSR count). The van der Waals surface area contributed by atoms with Crippen LogP contribution in [0, 0.1) is 6.92 Å². The van der Waals surface area contributed by atoms with Gasteiger partial charge in [-0.25, -0.2) is 0 Å². The molecule has 0 saturated carbocycles. The molecule has 0 bridgehead atoms. The lowest BCUT2D eigenvalue weighted by Gasteiger charge is -2.02. The zero-order chi connectivity index (χ0) is 12.0. The number of nitrogens with zero attached hydrogens (tertiary/aromatic N) is 2. The number of carbonyl (C=O) groups excluding carboxylic acids is 1. The standard InChI is InChI=1S/C11H19N3O2/c1-4-14-9(2)8-10(13-14)11(15)12-6-5-7-16-3/h8H,4-7H2,1-3H3,(H,12,15). The fourth-order valence-electron chi connectivity index (χ4n) is 1.45. The molecular weight excluding hydrogens is 206 g/mol. The van der Waals surface area contributed by atoms with E-state index >= 15 is 0 Å². The maximum absolute atomic E-state index is 11.7. The summed E-state index contributed by atoms with van der Waals surface area (Å²) in [5.74, 6) is -0.119. The van der Waals surface area contributed by atoms with Crippen molar-refractivity contribution >= 4 is 5.91 Å². The Morgan fingerprint density at radius 1 is 1.62 bits per heavy atom. The lowest BCUT2D eigenvalue weighted by atomic mass is 10.3. The van der Waals surface area contributed by atoms with E-state index in [1.807, 2.05) is 18.5 Å². The zero-order valence-electron chi connectivity index (χ0n) is 10.1. The second-order valence-electron chi connectivity index (χ2n) is 3.59. The number of methoxy groups -OCH3 is 1. The molecule has 1 aromatic rings. The van der Waals surface area contributed by atoms with Gasteiger partial charge in [0.15, 0.2) is 0 Å². The first-order valence-corrected chi connectivity index (χ1v) is 5.50. The molecule has 0 saturated heterocycles. The quantitative estimate of drug-likeness (QED) is 0.734. The van der Waals surface area contributed by atoms with E-state index in [2.05, 4.69) is 10.4 Å². The molecule has 0 atom stereocenters. The van der Waals surface area contributed by atoms with E-state index in [1.165, 1.54) is 0 Å². The van der Waals surface area contributed by atoms with Gasteiger partial charge in [-0.05, 0) is 26.3 Å². The summed E-state index contributed by atoms with van der Waals surface area (Å²) in [6.07, 6.45) is 0.815. The monoisotopic (exact) mass is 225 g/mol. The minimum Gasteiger partial charge on any atom is -0.385 e. The van der Waals surface area contributed by atoms with Crippen molar-refractivity contribution in [1.82, 2.24) is 15.1 Å². The maximum Gasteiger partial charge on any atom is 0.271 e. The third-order valence-corrected chi connectivity index (χ3v) is 2.32. The van der Waals surface area contributed by atoms with Gasteiger partial charge in [0.1, 0.15) is 5.69 Å². The minimum atomic E-state index is -0.119. The predicted octanol–water partition coefficient (Wildman–Crippen LogP) is 0.978. The van der Waals surface area contributed by atoms with Crippen molar-refractivity contribution in [2.24, 2.45) is 0 Å². The molecule has 1 aromatic heterocycles. The summed E-state index contributed by atoms with van der Waals surface area (Å²) in [6.45, 7) is 5.99. The van der Waals surface area contributed by atoms with Crippen LogP contribution in [-0.2, 0) is 11.3 Å². The summed E-state index contributed by atoms with van der Waals surface area (Å²) in [4.78, 5) is 11.7. The topological polar surface area (TPSA) is 56.2 Å². The summed E-state index contributed by atoms with van der Waals surface area (Å²) < 4.78 is 6.71. The van der Waals surface area contributed by atoms with Crippen molar-refractivity contribution in [2.45, 2.75) is 26.8 Å². The number of hydrogen-bond acceptors (Lipinski definition) is 3. The summed E-state index contributed by atoms with van der Waals surface area (Å²) >= 11 is 0. The molecule has 90 valence electrons. The Balaban J connectivity index is 2.46. The summed E-state index contributed by atoms with van der Waals surface area (Å²) in [6, 6.07) is 1.80. The lowest BCUT2D eigenvalue weighted by Crippen LogP contribution is -2.25. The van der Waals surface area contributed by atoms with Crippen LogP contribution in [0.5, 0.6) is 0 Å². The molecule has 5 heteroatoms. The smallest absolute Gasteiger partial charge is 0.271 e. The summed E-state index contributed by atoms with van der Waals surface area (Å²) in [5.41, 5.74) is 1.49. The largest absolute Gasteiger partial charge is 0.385 e. The first-order chi connectivity index (χ1) is 7.69. The van der Waals surface area contributed by atoms with Gasteiger partial charge in [0.05, 0.1) is 0 Å². The average molecular weight is 225 g/mol. The van der Waals surface area contributed by atoms with Gasteiger partial charge in [0.25, 0.3) is 5.91 Å². The van der Waals surface area contributed by atoms with Gasteiger partial charge < -0.3 is 10.1 Å². The van der Waals surface area contributed by atoms with Crippen molar-refractivity contribution < 1.29 is 9.53 Å². The highest BCUT2D eigenvalue weighted by atomic mass is 16.5. The van der Waals surface area contributed by atoms with E-state index in [0.29, 0.717) is 18.8 Å². The highest BCUT2D eigenvalue weighted by Crippen LogP contribution is 2.02. The molecule has 0 unspecified atom stereocenters. The van der Waals surface area contributed by atoms with E-state index in [0.717, 1.165) is 18.7 Å². The normalized spacial score (nSPS) is 10.4. The molecule has 0 spiro atoms. The Hall–Kier alpha value is -1.36. The molecule has 0 fully saturated rings. The van der Waals surface area contributed by atoms with Crippen LogP contribution in [0.4, 0.5) is 0 Å². The van der Waals surface area contributed by atoms with E-state index in [1.54, 1.807) is 13.2 Å². The predicted molar refractivity (Wildman–Crippen MR) is 61.5 cm³/mol. The third-order valence-electron chi connectivity index (χ3n) is 2.32. The van der Waals surface area contributed by atoms with Crippen molar-refractivity contribution in [3.8, 4) is 0 Å². The van der Waals surface area contributed by atoms with Gasteiger partial charge in [-0.15, -0.1) is 0 Å². The SMILES string of the molecule is CCn1nc(C(=O)NCCCOC)cc1C. The van der Waals surface area contributed by atoms with Gasteiger partial charge >= 0.3 is 0 Å². The Kier molecular flexibility index (Phi) is 4.98. The molecule has 0 aliphatic rings. The van der Waals surface area contributed by atoms with Crippen LogP contribution in [0.3, 0.4) is 0 Å². The van der Waals surface area contributed by atoms with Gasteiger partial charge in [0.2, 0.25) is 0 Å². The van der Waals surface area contributed by atoms with E-state index in [9.17, 15) is 4.79 Å². The molecule has 1 amide bonds. The number of aromatic nitrogens is 2. The second kappa shape index (κ2) is 6.27. The zero-order valence-corrected chi connectivity index (χ0v) is 10.1. The van der Waals surface area contributed by atoms with Crippen molar-refractivity contribution in [3.05, 3.63) is 17.5 Å². The first-order valence-electron chi connectivity index (χ1n) is 5.50. The average Bonchev–Trinajstić information content (AvgIpc) is 2.66. The van der Waals surface area contributed by atoms with Crippen LogP contribution in [0.1, 0.15) is 29.5 Å². The number of hydrogen-bond donors (Lipinski definition) is 1. The molecular formula is C11H19N3O2. The molecule has 0 aromatic carbocycles. The molecule has 0 aliphatic heterocycles. The van der Waals surface area contributed by atoms with Crippen LogP contribution in [0.15, 0.2) is 6.07 Å². The van der Waals surface area contributed by atoms with Crippen molar-refractivity contribution in [3.63, 3.8) is 0 Å². The fourth-order valence-corrected chi connectivity index (χ4v) is 1.45. The molecule has 1 heterocycles. The van der Waals surface area contributed by atoms with Crippen molar-refractivity contribution in [2.75, 3.05) is 20.3 Å². The van der Waals surface area contributed by atoms with Gasteiger partial charge in [-0.3, -0.25) is 9.48 Å². The highest BCUT2D eigenvalue weighted by Gasteiger charge is 2.10. The van der Waals surface area contributed by atoms with E-state index in [-0.39, 0.29) is 5.91 Å². The third kappa shape index (κ3) is 3.34. The number of rotatable bonds is 6. The van der Waals surface area contributed by atoms with Crippen LogP contribution < -0.4 is 5.32 Å². The number of ether oxygens (including phenoxy) is 1. The highest BCUT2D eigenvalue weighted by molar-refractivity contribution is 5.92. The minimum absolute atomic E-state index is 0.119. The van der Waals surface area contributed by atoms with Crippen LogP contribution in [-0.4, -0.2) is 35.9 Å².